The van der Waals surface area contributed by atoms with Gasteiger partial charge in [-0.05, 0) is 17.2 Å². The van der Waals surface area contributed by atoms with Gasteiger partial charge in [0.2, 0.25) is 5.72 Å². The first-order chi connectivity index (χ1) is 21.5. The molecule has 4 aromatic carbocycles. The first kappa shape index (κ1) is 28.4. The Kier molecular flexibility index (Phi) is 7.49. The minimum absolute atomic E-state index is 0.154. The van der Waals surface area contributed by atoms with Gasteiger partial charge in [0.05, 0.1) is 19.4 Å². The Balaban J connectivity index is 1.31. The maximum Gasteiger partial charge on any atom is 0.257 e. The van der Waals surface area contributed by atoms with E-state index in [0.717, 1.165) is 16.7 Å². The zero-order chi connectivity index (χ0) is 30.1. The van der Waals surface area contributed by atoms with E-state index in [4.69, 9.17) is 19.0 Å². The van der Waals surface area contributed by atoms with E-state index in [1.807, 2.05) is 91.0 Å². The first-order valence-electron chi connectivity index (χ1n) is 14.6. The van der Waals surface area contributed by atoms with E-state index in [9.17, 15) is 15.0 Å². The topological polar surface area (TPSA) is 110 Å². The van der Waals surface area contributed by atoms with E-state index in [1.165, 1.54) is 11.1 Å². The van der Waals surface area contributed by atoms with Gasteiger partial charge in [-0.3, -0.25) is 9.69 Å². The Hall–Kier alpha value is -4.38. The fourth-order valence-corrected chi connectivity index (χ4v) is 6.40. The highest BCUT2D eigenvalue weighted by molar-refractivity contribution is 6.02. The molecule has 3 aliphatic heterocycles. The number of nitrogens with zero attached hydrogens (tertiary/aromatic N) is 2. The molecule has 9 heteroatoms. The molecule has 1 amide bonds. The molecule has 0 spiro atoms. The lowest BCUT2D eigenvalue weighted by Gasteiger charge is -2.60. The van der Waals surface area contributed by atoms with Crippen molar-refractivity contribution in [1.82, 2.24) is 4.90 Å². The second kappa shape index (κ2) is 11.6. The SMILES string of the molecule is O=C1c2ccccc2[C@]2(O)N1[C@@H](/C=N/OCc1ccccc1)[C@@H](OCc1ccccc1)[C@@H]1O[C@H](c3ccccc3)OC[C@]12O. The molecule has 2 saturated heterocycles. The third-order valence-electron chi connectivity index (χ3n) is 8.55. The molecule has 7 rings (SSSR count). The molecule has 0 bridgehead atoms. The standard InChI is InChI=1S/C35H32N2O7/c38-32-27-18-10-11-19-28(27)35(40)34(39)23-42-33(26-16-8-3-9-17-26)44-31(34)30(41-21-24-12-4-1-5-13-24)29(37(32)35)20-36-43-22-25-14-6-2-7-15-25/h1-20,29-31,33,39-40H,21-23H2/b36-20+/t29-,30+,31-,33+,34-,35+/m0/s1. The molecule has 0 saturated carbocycles. The molecule has 224 valence electrons. The van der Waals surface area contributed by atoms with Gasteiger partial charge in [-0.2, -0.15) is 0 Å². The summed E-state index contributed by atoms with van der Waals surface area (Å²) in [5.74, 6) is -0.479. The van der Waals surface area contributed by atoms with E-state index in [2.05, 4.69) is 5.16 Å². The molecule has 3 heterocycles. The first-order valence-corrected chi connectivity index (χ1v) is 14.6. The molecule has 2 N–H and O–H groups in total. The number of benzene rings is 4. The van der Waals surface area contributed by atoms with Gasteiger partial charge < -0.3 is 29.3 Å². The largest absolute Gasteiger partial charge is 0.391 e. The van der Waals surface area contributed by atoms with Crippen LogP contribution < -0.4 is 0 Å². The third-order valence-corrected chi connectivity index (χ3v) is 8.55. The molecule has 0 unspecified atom stereocenters. The van der Waals surface area contributed by atoms with Crippen LogP contribution in [0.15, 0.2) is 120 Å². The van der Waals surface area contributed by atoms with Crippen LogP contribution >= 0.6 is 0 Å². The van der Waals surface area contributed by atoms with E-state index in [1.54, 1.807) is 24.3 Å². The summed E-state index contributed by atoms with van der Waals surface area (Å²) >= 11 is 0. The summed E-state index contributed by atoms with van der Waals surface area (Å²) < 4.78 is 19.1. The highest BCUT2D eigenvalue weighted by atomic mass is 16.7. The van der Waals surface area contributed by atoms with Crippen molar-refractivity contribution in [3.63, 3.8) is 0 Å². The molecular formula is C35H32N2O7. The number of fused-ring (bicyclic) bond motifs is 5. The average molecular weight is 593 g/mol. The lowest BCUT2D eigenvalue weighted by molar-refractivity contribution is -0.394. The summed E-state index contributed by atoms with van der Waals surface area (Å²) in [6, 6.07) is 34.2. The second-order valence-electron chi connectivity index (χ2n) is 11.2. The average Bonchev–Trinajstić information content (AvgIpc) is 3.31. The number of hydrogen-bond acceptors (Lipinski definition) is 8. The molecule has 0 aliphatic carbocycles. The predicted octanol–water partition coefficient (Wildman–Crippen LogP) is 4.30. The van der Waals surface area contributed by atoms with Gasteiger partial charge in [-0.25, -0.2) is 0 Å². The quantitative estimate of drug-likeness (QED) is 0.232. The molecule has 3 aliphatic rings. The van der Waals surface area contributed by atoms with Gasteiger partial charge in [0, 0.05) is 16.7 Å². The van der Waals surface area contributed by atoms with Crippen LogP contribution in [-0.2, 0) is 38.0 Å². The number of amides is 1. The van der Waals surface area contributed by atoms with Crippen molar-refractivity contribution < 1.29 is 34.1 Å². The lowest BCUT2D eigenvalue weighted by atomic mass is 9.72. The molecule has 4 aromatic rings. The lowest BCUT2D eigenvalue weighted by Crippen LogP contribution is -2.80. The van der Waals surface area contributed by atoms with Crippen LogP contribution in [0, 0.1) is 0 Å². The van der Waals surface area contributed by atoms with Crippen LogP contribution in [0.25, 0.3) is 0 Å². The Bertz CT molecular complexity index is 1640. The fraction of sp³-hybridized carbons (Fsp3) is 0.257. The van der Waals surface area contributed by atoms with Crippen molar-refractivity contribution in [2.45, 2.75) is 49.1 Å². The number of piperidine rings is 1. The number of ether oxygens (including phenoxy) is 3. The molecule has 0 radical (unpaired) electrons. The van der Waals surface area contributed by atoms with Crippen LogP contribution in [0.3, 0.4) is 0 Å². The van der Waals surface area contributed by atoms with Crippen molar-refractivity contribution in [2.75, 3.05) is 6.61 Å². The number of carbonyl (C=O) groups is 1. The molecule has 6 atom stereocenters. The minimum Gasteiger partial charge on any atom is -0.391 e. The van der Waals surface area contributed by atoms with Crippen molar-refractivity contribution in [3.8, 4) is 0 Å². The normalized spacial score (nSPS) is 29.2. The molecule has 0 aromatic heterocycles. The van der Waals surface area contributed by atoms with E-state index in [0.29, 0.717) is 0 Å². The van der Waals surface area contributed by atoms with Crippen LogP contribution in [-0.4, -0.2) is 57.7 Å². The summed E-state index contributed by atoms with van der Waals surface area (Å²) in [5, 5.41) is 29.3. The van der Waals surface area contributed by atoms with Gasteiger partial charge in [0.25, 0.3) is 5.91 Å². The Labute approximate surface area is 254 Å². The van der Waals surface area contributed by atoms with E-state index < -0.39 is 41.8 Å². The summed E-state index contributed by atoms with van der Waals surface area (Å²) in [6.45, 7) is 0.0260. The number of hydrogen-bond donors (Lipinski definition) is 2. The third kappa shape index (κ3) is 4.70. The summed E-state index contributed by atoms with van der Waals surface area (Å²) in [4.78, 5) is 20.9. The van der Waals surface area contributed by atoms with Crippen molar-refractivity contribution >= 4 is 12.1 Å². The number of carbonyl (C=O) groups excluding carboxylic acids is 1. The van der Waals surface area contributed by atoms with Crippen molar-refractivity contribution in [2.24, 2.45) is 5.16 Å². The number of rotatable bonds is 8. The van der Waals surface area contributed by atoms with E-state index in [-0.39, 0.29) is 30.9 Å². The molecular weight excluding hydrogens is 560 g/mol. The van der Waals surface area contributed by atoms with Gasteiger partial charge in [0.15, 0.2) is 11.9 Å². The number of oxime groups is 1. The monoisotopic (exact) mass is 592 g/mol. The zero-order valence-corrected chi connectivity index (χ0v) is 23.8. The highest BCUT2D eigenvalue weighted by Gasteiger charge is 2.73. The maximum atomic E-state index is 14.0. The van der Waals surface area contributed by atoms with Gasteiger partial charge >= 0.3 is 0 Å². The fourth-order valence-electron chi connectivity index (χ4n) is 6.40. The predicted molar refractivity (Wildman–Crippen MR) is 160 cm³/mol. The second-order valence-corrected chi connectivity index (χ2v) is 11.2. The van der Waals surface area contributed by atoms with Crippen molar-refractivity contribution in [3.05, 3.63) is 143 Å². The van der Waals surface area contributed by atoms with Crippen LogP contribution in [0.2, 0.25) is 0 Å². The van der Waals surface area contributed by atoms with Gasteiger partial charge in [0.1, 0.15) is 24.9 Å². The highest BCUT2D eigenvalue weighted by Crippen LogP contribution is 2.55. The van der Waals surface area contributed by atoms with Crippen LogP contribution in [0.1, 0.15) is 38.9 Å². The summed E-state index contributed by atoms with van der Waals surface area (Å²) in [6.07, 6.45) is -1.52. The van der Waals surface area contributed by atoms with Crippen LogP contribution in [0.4, 0.5) is 0 Å². The van der Waals surface area contributed by atoms with Gasteiger partial charge in [-0.15, -0.1) is 0 Å². The zero-order valence-electron chi connectivity index (χ0n) is 23.8. The van der Waals surface area contributed by atoms with E-state index >= 15 is 0 Å². The minimum atomic E-state index is -2.21. The Morgan fingerprint density at radius 1 is 0.841 bits per heavy atom. The summed E-state index contributed by atoms with van der Waals surface area (Å²) in [7, 11) is 0. The molecule has 2 fully saturated rings. The smallest absolute Gasteiger partial charge is 0.257 e. The maximum absolute atomic E-state index is 14.0. The molecule has 9 nitrogen and oxygen atoms in total. The molecule has 44 heavy (non-hydrogen) atoms. The summed E-state index contributed by atoms with van der Waals surface area (Å²) in [5.41, 5.74) is -1.25. The Morgan fingerprint density at radius 3 is 2.16 bits per heavy atom. The number of aliphatic hydroxyl groups is 2. The van der Waals surface area contributed by atoms with Crippen LogP contribution in [0.5, 0.6) is 0 Å². The van der Waals surface area contributed by atoms with Crippen molar-refractivity contribution in [1.29, 1.82) is 0 Å². The Morgan fingerprint density at radius 2 is 1.45 bits per heavy atom. The van der Waals surface area contributed by atoms with Gasteiger partial charge in [-0.1, -0.05) is 114 Å².